The van der Waals surface area contributed by atoms with Crippen molar-refractivity contribution in [1.82, 2.24) is 0 Å². The quantitative estimate of drug-likeness (QED) is 0.521. The monoisotopic (exact) mass is 165 g/mol. The third-order valence-corrected chi connectivity index (χ3v) is 0.951. The van der Waals surface area contributed by atoms with Crippen molar-refractivity contribution in [2.24, 2.45) is 11.7 Å². The molecule has 0 rings (SSSR count). The number of hydrogen-bond acceptors (Lipinski definition) is 3. The van der Waals surface area contributed by atoms with Crippen LogP contribution in [-0.4, -0.2) is 28.2 Å². The lowest BCUT2D eigenvalue weighted by Gasteiger charge is -2.08. The Bertz CT molecular complexity index is 266. The van der Waals surface area contributed by atoms with Crippen molar-refractivity contribution in [2.75, 3.05) is 0 Å². The van der Waals surface area contributed by atoms with Crippen LogP contribution < -0.4 is 5.73 Å². The molecule has 0 aromatic carbocycles. The molecule has 0 heterocycles. The third kappa shape index (κ3) is 3.57. The largest absolute Gasteiger partial charge is 0.481 e. The minimum atomic E-state index is -2.95. The lowest BCUT2D eigenvalue weighted by Crippen LogP contribution is -2.33. The van der Waals surface area contributed by atoms with E-state index >= 15 is 0 Å². The summed E-state index contributed by atoms with van der Waals surface area (Å²) in [6.07, 6.45) is -1.92. The molecular weight excluding hydrogens is 150 g/mol. The molecule has 0 fully saturated rings. The SMILES string of the molecule is [2H][C@@H]([C@H](N)C(=O)O)[C@@H](C(=O)O)[12C]([2H])([2H])[2H]. The second-order valence-electron chi connectivity index (χ2n) is 1.87. The van der Waals surface area contributed by atoms with Crippen LogP contribution in [0.15, 0.2) is 0 Å². The molecule has 4 N–H and O–H groups in total. The van der Waals surface area contributed by atoms with Crippen molar-refractivity contribution >= 4 is 11.9 Å². The first-order valence-corrected chi connectivity index (χ1v) is 2.72. The molecule has 64 valence electrons. The second-order valence-corrected chi connectivity index (χ2v) is 1.87. The highest BCUT2D eigenvalue weighted by atomic mass is 16.4. The first-order chi connectivity index (χ1) is 6.59. The zero-order valence-electron chi connectivity index (χ0n) is 9.52. The molecule has 0 unspecified atom stereocenters. The van der Waals surface area contributed by atoms with Crippen molar-refractivity contribution in [1.29, 1.82) is 0 Å². The Balaban J connectivity index is 4.95. The molecule has 0 bridgehead atoms. The van der Waals surface area contributed by atoms with Crippen molar-refractivity contribution in [2.45, 2.75) is 19.3 Å². The number of hydrogen-bond donors (Lipinski definition) is 3. The number of rotatable bonds is 4. The number of carboxylic acids is 2. The van der Waals surface area contributed by atoms with Gasteiger partial charge in [-0.2, -0.15) is 0 Å². The maximum atomic E-state index is 10.6. The van der Waals surface area contributed by atoms with E-state index in [1.807, 2.05) is 0 Å². The van der Waals surface area contributed by atoms with Gasteiger partial charge < -0.3 is 15.9 Å². The van der Waals surface area contributed by atoms with Gasteiger partial charge in [-0.05, 0) is 6.40 Å². The predicted octanol–water partition coefficient (Wildman–Crippen LogP) is -0.491. The fourth-order valence-electron chi connectivity index (χ4n) is 0.372. The standard InChI is InChI=1S/C6H11NO4/c1-3(5(8)9)2-4(7)6(10)11/h3-4H,2,7H2,1H3,(H,8,9)(H,10,11)/t3-,4-/m0/s1/i1+0D3,2D/t2-,3+,4+/m1. The molecule has 0 amide bonds. The van der Waals surface area contributed by atoms with Gasteiger partial charge in [0.15, 0.2) is 0 Å². The highest BCUT2D eigenvalue weighted by molar-refractivity contribution is 5.75. The van der Waals surface area contributed by atoms with E-state index in [9.17, 15) is 9.59 Å². The van der Waals surface area contributed by atoms with E-state index in [0.717, 1.165) is 0 Å². The van der Waals surface area contributed by atoms with Crippen LogP contribution in [0.25, 0.3) is 0 Å². The first kappa shape index (κ1) is 4.71. The average Bonchev–Trinajstić information content (AvgIpc) is 1.98. The maximum Gasteiger partial charge on any atom is 0.320 e. The lowest BCUT2D eigenvalue weighted by molar-refractivity contribution is -0.143. The Kier molecular flexibility index (Phi) is 1.68. The fourth-order valence-corrected chi connectivity index (χ4v) is 0.372. The van der Waals surface area contributed by atoms with Crippen molar-refractivity contribution in [3.8, 4) is 0 Å². The molecule has 0 saturated carbocycles. The Labute approximate surface area is 69.4 Å². The molecule has 0 aliphatic rings. The van der Waals surface area contributed by atoms with Crippen molar-refractivity contribution in [3.63, 3.8) is 0 Å². The number of carbonyl (C=O) groups is 2. The van der Waals surface area contributed by atoms with E-state index in [0.29, 0.717) is 0 Å². The zero-order valence-corrected chi connectivity index (χ0v) is 5.52. The normalized spacial score (nSPS) is 24.8. The van der Waals surface area contributed by atoms with Gasteiger partial charge in [-0.1, -0.05) is 6.85 Å². The van der Waals surface area contributed by atoms with Crippen LogP contribution in [0.4, 0.5) is 0 Å². The summed E-state index contributed by atoms with van der Waals surface area (Å²) in [6.45, 7) is -2.95. The third-order valence-electron chi connectivity index (χ3n) is 0.951. The number of carboxylic acid groups (broad SMARTS) is 2. The molecule has 5 nitrogen and oxygen atoms in total. The van der Waals surface area contributed by atoms with Gasteiger partial charge in [0.2, 0.25) is 0 Å². The van der Waals surface area contributed by atoms with Crippen molar-refractivity contribution in [3.05, 3.63) is 0 Å². The van der Waals surface area contributed by atoms with E-state index in [1.54, 1.807) is 0 Å². The van der Waals surface area contributed by atoms with E-state index in [-0.39, 0.29) is 0 Å². The molecule has 11 heavy (non-hydrogen) atoms. The Morgan fingerprint density at radius 1 is 1.64 bits per heavy atom. The zero-order chi connectivity index (χ0) is 12.4. The Morgan fingerprint density at radius 2 is 2.18 bits per heavy atom. The summed E-state index contributed by atoms with van der Waals surface area (Å²) < 4.78 is 27.8. The molecule has 0 spiro atoms. The highest BCUT2D eigenvalue weighted by Gasteiger charge is 2.19. The first-order valence-electron chi connectivity index (χ1n) is 4.80. The van der Waals surface area contributed by atoms with Gasteiger partial charge in [0.25, 0.3) is 0 Å². The van der Waals surface area contributed by atoms with Crippen LogP contribution in [0, 0.1) is 5.92 Å². The minimum Gasteiger partial charge on any atom is -0.481 e. The minimum absolute atomic E-state index is 1.61. The molecule has 0 saturated heterocycles. The van der Waals surface area contributed by atoms with Gasteiger partial charge in [-0.15, -0.1) is 0 Å². The van der Waals surface area contributed by atoms with Crippen LogP contribution in [0.5, 0.6) is 0 Å². The van der Waals surface area contributed by atoms with Gasteiger partial charge >= 0.3 is 11.9 Å². The smallest absolute Gasteiger partial charge is 0.320 e. The van der Waals surface area contributed by atoms with Gasteiger partial charge in [0.1, 0.15) is 6.04 Å². The van der Waals surface area contributed by atoms with Crippen LogP contribution in [0.2, 0.25) is 0 Å². The molecule has 5 heteroatoms. The number of nitrogens with two attached hydrogens (primary N) is 1. The summed E-state index contributed by atoms with van der Waals surface area (Å²) in [5.41, 5.74) is 5.00. The molecule has 0 radical (unpaired) electrons. The van der Waals surface area contributed by atoms with Crippen LogP contribution >= 0.6 is 0 Å². The molecule has 0 aromatic rings. The van der Waals surface area contributed by atoms with E-state index in [4.69, 9.17) is 21.4 Å². The van der Waals surface area contributed by atoms with Crippen LogP contribution in [0.3, 0.4) is 0 Å². The van der Waals surface area contributed by atoms with Crippen molar-refractivity contribution < 1.29 is 25.3 Å². The van der Waals surface area contributed by atoms with E-state index < -0.39 is 37.1 Å². The Morgan fingerprint density at radius 3 is 2.45 bits per heavy atom. The summed E-state index contributed by atoms with van der Waals surface area (Å²) in [7, 11) is 0. The average molecular weight is 165 g/mol. The molecule has 3 atom stereocenters. The predicted molar refractivity (Wildman–Crippen MR) is 37.0 cm³/mol. The van der Waals surface area contributed by atoms with Crippen LogP contribution in [0.1, 0.15) is 18.7 Å². The molecule has 0 aromatic heterocycles. The topological polar surface area (TPSA) is 101 Å². The van der Waals surface area contributed by atoms with Gasteiger partial charge in [-0.25, -0.2) is 0 Å². The van der Waals surface area contributed by atoms with E-state index in [2.05, 4.69) is 0 Å². The second kappa shape index (κ2) is 3.92. The van der Waals surface area contributed by atoms with Crippen LogP contribution in [-0.2, 0) is 9.59 Å². The summed E-state index contributed by atoms with van der Waals surface area (Å²) in [6, 6.07) is -1.84. The maximum absolute atomic E-state index is 10.6. The summed E-state index contributed by atoms with van der Waals surface area (Å²) in [4.78, 5) is 21.0. The van der Waals surface area contributed by atoms with E-state index in [1.165, 1.54) is 0 Å². The van der Waals surface area contributed by atoms with Gasteiger partial charge in [0.05, 0.1) is 5.92 Å². The lowest BCUT2D eigenvalue weighted by atomic mass is 10.0. The summed E-state index contributed by atoms with van der Waals surface area (Å²) >= 11 is 0. The molecular formula is C6H11NO4. The van der Waals surface area contributed by atoms with Gasteiger partial charge in [-0.3, -0.25) is 9.59 Å². The molecule has 0 aliphatic heterocycles. The molecule has 0 aliphatic carbocycles. The highest BCUT2D eigenvalue weighted by Crippen LogP contribution is 2.04. The summed E-state index contributed by atoms with van der Waals surface area (Å²) in [5.74, 6) is -5.47. The van der Waals surface area contributed by atoms with Gasteiger partial charge in [0, 0.05) is 5.48 Å². The number of aliphatic carboxylic acids is 2. The Hall–Kier alpha value is -1.10. The summed E-state index contributed by atoms with van der Waals surface area (Å²) in [5, 5.41) is 17.0. The fraction of sp³-hybridized carbons (Fsp3) is 0.667.